The van der Waals surface area contributed by atoms with E-state index in [9.17, 15) is 26.4 Å². The molecule has 0 aromatic heterocycles. The zero-order chi connectivity index (χ0) is 22.1. The number of benzene rings is 2. The second-order valence-electron chi connectivity index (χ2n) is 7.46. The fourth-order valence-electron chi connectivity index (χ4n) is 3.36. The van der Waals surface area contributed by atoms with Crippen LogP contribution in [0.3, 0.4) is 0 Å². The van der Waals surface area contributed by atoms with Crippen molar-refractivity contribution in [3.05, 3.63) is 59.2 Å². The molecular weight excluding hydrogens is 419 g/mol. The van der Waals surface area contributed by atoms with Crippen LogP contribution in [0.4, 0.5) is 29.3 Å². The number of hydrogen-bond donors (Lipinski definition) is 2. The molecule has 2 N–H and O–H groups in total. The molecule has 0 aliphatic carbocycles. The van der Waals surface area contributed by atoms with Crippen molar-refractivity contribution >= 4 is 27.4 Å². The molecule has 0 atom stereocenters. The number of amides is 2. The Hall–Kier alpha value is -2.75. The standard InChI is InChI=1S/C20H22F3N3O3S/c1-13-7-8-16(10-18(13)25-30(2,28)29)24-19(27)26-11-14(12-26)9-15-5-3-4-6-17(15)20(21,22)23/h3-8,10,14,25H,9,11-12H2,1-2H3,(H,24,27). The maximum Gasteiger partial charge on any atom is 0.416 e. The van der Waals surface area contributed by atoms with Crippen molar-refractivity contribution < 1.29 is 26.4 Å². The van der Waals surface area contributed by atoms with Crippen LogP contribution in [0.1, 0.15) is 16.7 Å². The fourth-order valence-corrected chi connectivity index (χ4v) is 3.98. The van der Waals surface area contributed by atoms with Gasteiger partial charge in [0.1, 0.15) is 0 Å². The number of aryl methyl sites for hydroxylation is 1. The number of carbonyl (C=O) groups excluding carboxylic acids is 1. The lowest BCUT2D eigenvalue weighted by atomic mass is 9.90. The summed E-state index contributed by atoms with van der Waals surface area (Å²) in [4.78, 5) is 13.9. The van der Waals surface area contributed by atoms with Gasteiger partial charge >= 0.3 is 12.2 Å². The third kappa shape index (κ3) is 5.44. The van der Waals surface area contributed by atoms with E-state index in [1.54, 1.807) is 25.1 Å². The molecule has 3 rings (SSSR count). The summed E-state index contributed by atoms with van der Waals surface area (Å²) >= 11 is 0. The molecule has 10 heteroatoms. The van der Waals surface area contributed by atoms with Crippen LogP contribution in [0.25, 0.3) is 0 Å². The Labute approximate surface area is 173 Å². The van der Waals surface area contributed by atoms with Crippen molar-refractivity contribution in [1.82, 2.24) is 4.90 Å². The monoisotopic (exact) mass is 441 g/mol. The van der Waals surface area contributed by atoms with Gasteiger partial charge in [0.15, 0.2) is 0 Å². The predicted octanol–water partition coefficient (Wildman–Crippen LogP) is 4.09. The first-order valence-electron chi connectivity index (χ1n) is 9.22. The van der Waals surface area contributed by atoms with E-state index in [0.29, 0.717) is 30.0 Å². The molecule has 1 aliphatic rings. The van der Waals surface area contributed by atoms with Crippen LogP contribution in [0.15, 0.2) is 42.5 Å². The van der Waals surface area contributed by atoms with E-state index in [1.807, 2.05) is 0 Å². The molecule has 2 aromatic carbocycles. The van der Waals surface area contributed by atoms with Crippen molar-refractivity contribution in [1.29, 1.82) is 0 Å². The maximum absolute atomic E-state index is 13.1. The Morgan fingerprint density at radius 1 is 1.17 bits per heavy atom. The molecule has 1 heterocycles. The molecule has 0 bridgehead atoms. The predicted molar refractivity (Wildman–Crippen MR) is 109 cm³/mol. The number of halogens is 3. The Kier molecular flexibility index (Phi) is 5.98. The number of rotatable bonds is 5. The number of anilines is 2. The van der Waals surface area contributed by atoms with E-state index in [0.717, 1.165) is 12.3 Å². The summed E-state index contributed by atoms with van der Waals surface area (Å²) in [7, 11) is -3.46. The average Bonchev–Trinajstić information content (AvgIpc) is 2.58. The van der Waals surface area contributed by atoms with Crippen molar-refractivity contribution in [3.63, 3.8) is 0 Å². The third-order valence-electron chi connectivity index (χ3n) is 4.86. The van der Waals surface area contributed by atoms with Gasteiger partial charge in [-0.05, 0) is 48.6 Å². The molecule has 0 unspecified atom stereocenters. The lowest BCUT2D eigenvalue weighted by molar-refractivity contribution is -0.138. The van der Waals surface area contributed by atoms with Crippen molar-refractivity contribution in [2.24, 2.45) is 5.92 Å². The smallest absolute Gasteiger partial charge is 0.324 e. The van der Waals surface area contributed by atoms with E-state index in [4.69, 9.17) is 0 Å². The highest BCUT2D eigenvalue weighted by Crippen LogP contribution is 2.34. The second-order valence-corrected chi connectivity index (χ2v) is 9.21. The largest absolute Gasteiger partial charge is 0.416 e. The highest BCUT2D eigenvalue weighted by molar-refractivity contribution is 7.92. The van der Waals surface area contributed by atoms with Crippen LogP contribution in [0, 0.1) is 12.8 Å². The number of likely N-dealkylation sites (tertiary alicyclic amines) is 1. The number of sulfonamides is 1. The topological polar surface area (TPSA) is 78.5 Å². The first-order valence-corrected chi connectivity index (χ1v) is 11.1. The molecule has 6 nitrogen and oxygen atoms in total. The molecule has 1 aliphatic heterocycles. The van der Waals surface area contributed by atoms with Crippen LogP contribution >= 0.6 is 0 Å². The summed E-state index contributed by atoms with van der Waals surface area (Å²) in [5.41, 5.74) is 1.07. The number of nitrogens with one attached hydrogen (secondary N) is 2. The SMILES string of the molecule is Cc1ccc(NC(=O)N2CC(Cc3ccccc3C(F)(F)F)C2)cc1NS(C)(=O)=O. The summed E-state index contributed by atoms with van der Waals surface area (Å²) in [6.45, 7) is 2.43. The third-order valence-corrected chi connectivity index (χ3v) is 5.45. The number of urea groups is 1. The summed E-state index contributed by atoms with van der Waals surface area (Å²) in [6, 6.07) is 9.93. The molecule has 162 valence electrons. The first kappa shape index (κ1) is 21.9. The Bertz CT molecular complexity index is 1050. The van der Waals surface area contributed by atoms with Gasteiger partial charge in [0.2, 0.25) is 10.0 Å². The van der Waals surface area contributed by atoms with Crippen molar-refractivity contribution in [2.75, 3.05) is 29.4 Å². The second kappa shape index (κ2) is 8.17. The molecule has 1 saturated heterocycles. The lowest BCUT2D eigenvalue weighted by Gasteiger charge is -2.39. The minimum Gasteiger partial charge on any atom is -0.324 e. The number of hydrogen-bond acceptors (Lipinski definition) is 3. The maximum atomic E-state index is 13.1. The molecule has 0 saturated carbocycles. The minimum absolute atomic E-state index is 0.0558. The zero-order valence-corrected chi connectivity index (χ0v) is 17.3. The molecular formula is C20H22F3N3O3S. The quantitative estimate of drug-likeness (QED) is 0.734. The van der Waals surface area contributed by atoms with Gasteiger partial charge in [-0.2, -0.15) is 13.2 Å². The van der Waals surface area contributed by atoms with Crippen molar-refractivity contribution in [3.8, 4) is 0 Å². The van der Waals surface area contributed by atoms with Crippen LogP contribution in [0.5, 0.6) is 0 Å². The van der Waals surface area contributed by atoms with Gasteiger partial charge < -0.3 is 10.2 Å². The molecule has 0 spiro atoms. The van der Waals surface area contributed by atoms with Gasteiger partial charge in [0.25, 0.3) is 0 Å². The molecule has 1 fully saturated rings. The molecule has 0 radical (unpaired) electrons. The summed E-state index contributed by atoms with van der Waals surface area (Å²) in [5.74, 6) is -0.0558. The molecule has 2 amide bonds. The summed E-state index contributed by atoms with van der Waals surface area (Å²) < 4.78 is 64.6. The van der Waals surface area contributed by atoms with E-state index < -0.39 is 21.8 Å². The zero-order valence-electron chi connectivity index (χ0n) is 16.5. The van der Waals surface area contributed by atoms with Crippen LogP contribution in [0.2, 0.25) is 0 Å². The van der Waals surface area contributed by atoms with Crippen LogP contribution in [-0.2, 0) is 22.6 Å². The Morgan fingerprint density at radius 2 is 1.83 bits per heavy atom. The van der Waals surface area contributed by atoms with Crippen LogP contribution < -0.4 is 10.0 Å². The van der Waals surface area contributed by atoms with E-state index in [1.165, 1.54) is 23.1 Å². The molecule has 30 heavy (non-hydrogen) atoms. The highest BCUT2D eigenvalue weighted by atomic mass is 32.2. The van der Waals surface area contributed by atoms with Gasteiger partial charge in [-0.25, -0.2) is 13.2 Å². The lowest BCUT2D eigenvalue weighted by Crippen LogP contribution is -2.52. The normalized spacial score (nSPS) is 14.9. The van der Waals surface area contributed by atoms with Crippen molar-refractivity contribution in [2.45, 2.75) is 19.5 Å². The van der Waals surface area contributed by atoms with Gasteiger partial charge in [-0.15, -0.1) is 0 Å². The minimum atomic E-state index is -4.40. The average molecular weight is 441 g/mol. The Balaban J connectivity index is 1.59. The van der Waals surface area contributed by atoms with E-state index >= 15 is 0 Å². The van der Waals surface area contributed by atoms with E-state index in [-0.39, 0.29) is 23.9 Å². The number of alkyl halides is 3. The summed E-state index contributed by atoms with van der Waals surface area (Å²) in [5, 5.41) is 2.69. The van der Waals surface area contributed by atoms with Crippen LogP contribution in [-0.4, -0.2) is 38.7 Å². The van der Waals surface area contributed by atoms with Gasteiger partial charge in [0.05, 0.1) is 17.5 Å². The summed E-state index contributed by atoms with van der Waals surface area (Å²) in [6.07, 6.45) is -3.12. The highest BCUT2D eigenvalue weighted by Gasteiger charge is 2.36. The first-order chi connectivity index (χ1) is 13.9. The number of carbonyl (C=O) groups is 1. The fraction of sp³-hybridized carbons (Fsp3) is 0.350. The molecule has 2 aromatic rings. The van der Waals surface area contributed by atoms with E-state index in [2.05, 4.69) is 10.0 Å². The Morgan fingerprint density at radius 3 is 2.47 bits per heavy atom. The van der Waals surface area contributed by atoms with Gasteiger partial charge in [-0.3, -0.25) is 4.72 Å². The number of nitrogens with zero attached hydrogens (tertiary/aromatic N) is 1. The van der Waals surface area contributed by atoms with Gasteiger partial charge in [-0.1, -0.05) is 24.3 Å². The van der Waals surface area contributed by atoms with Gasteiger partial charge in [0, 0.05) is 18.8 Å².